The third-order valence-corrected chi connectivity index (χ3v) is 2.47. The molecule has 2 N–H and O–H groups in total. The maximum atomic E-state index is 8.99. The molecule has 0 radical (unpaired) electrons. The summed E-state index contributed by atoms with van der Waals surface area (Å²) in [5, 5.41) is 18.0. The lowest BCUT2D eigenvalue weighted by Crippen LogP contribution is -2.37. The Bertz CT molecular complexity index is 353. The topological polar surface area (TPSA) is 68.2 Å². The van der Waals surface area contributed by atoms with Crippen LogP contribution < -0.4 is 10.2 Å². The fourth-order valence-electron chi connectivity index (χ4n) is 1.45. The van der Waals surface area contributed by atoms with Gasteiger partial charge in [0, 0.05) is 0 Å². The van der Waals surface area contributed by atoms with E-state index in [1.165, 1.54) is 0 Å². The number of rotatable bonds is 6. The summed E-state index contributed by atoms with van der Waals surface area (Å²) in [5.74, 6) is 0.601. The molecule has 6 heteroatoms. The second-order valence-electron chi connectivity index (χ2n) is 3.82. The van der Waals surface area contributed by atoms with Gasteiger partial charge in [0.25, 0.3) is 0 Å². The maximum Gasteiger partial charge on any atom is 0.488 e. The molecule has 0 atom stereocenters. The van der Waals surface area contributed by atoms with Crippen molar-refractivity contribution >= 4 is 12.6 Å². The van der Waals surface area contributed by atoms with Crippen molar-refractivity contribution in [3.8, 4) is 5.75 Å². The first-order chi connectivity index (χ1) is 8.25. The Balaban J connectivity index is 1.72. The monoisotopic (exact) mass is 238 g/mol. The third-order valence-electron chi connectivity index (χ3n) is 2.47. The van der Waals surface area contributed by atoms with Gasteiger partial charge in [-0.3, -0.25) is 0 Å². The highest BCUT2D eigenvalue weighted by atomic mass is 16.6. The highest BCUT2D eigenvalue weighted by Gasteiger charge is 2.18. The van der Waals surface area contributed by atoms with Crippen LogP contribution in [0.5, 0.6) is 5.75 Å². The van der Waals surface area contributed by atoms with Crippen molar-refractivity contribution in [2.75, 3.05) is 26.4 Å². The molecule has 0 unspecified atom stereocenters. The zero-order chi connectivity index (χ0) is 12.1. The highest BCUT2D eigenvalue weighted by Crippen LogP contribution is 2.08. The van der Waals surface area contributed by atoms with Gasteiger partial charge in [0.1, 0.15) is 18.5 Å². The predicted octanol–water partition coefficient (Wildman–Crippen LogP) is -0.839. The molecule has 1 aliphatic rings. The van der Waals surface area contributed by atoms with Gasteiger partial charge in [-0.05, 0) is 17.6 Å². The zero-order valence-corrected chi connectivity index (χ0v) is 9.41. The summed E-state index contributed by atoms with van der Waals surface area (Å²) in [6, 6.07) is 6.69. The molecule has 1 heterocycles. The maximum absolute atomic E-state index is 8.99. The van der Waals surface area contributed by atoms with Gasteiger partial charge in [0.15, 0.2) is 0 Å². The van der Waals surface area contributed by atoms with Crippen molar-refractivity contribution in [1.82, 2.24) is 0 Å². The smallest absolute Gasteiger partial charge is 0.488 e. The van der Waals surface area contributed by atoms with Gasteiger partial charge < -0.3 is 24.3 Å². The van der Waals surface area contributed by atoms with E-state index in [0.29, 0.717) is 37.6 Å². The molecule has 1 aliphatic heterocycles. The molecule has 1 aromatic carbocycles. The van der Waals surface area contributed by atoms with Crippen molar-refractivity contribution in [1.29, 1.82) is 0 Å². The lowest BCUT2D eigenvalue weighted by molar-refractivity contribution is -0.132. The van der Waals surface area contributed by atoms with Crippen LogP contribution in [0.4, 0.5) is 0 Å². The lowest BCUT2D eigenvalue weighted by atomic mass is 9.80. The quantitative estimate of drug-likeness (QED) is 0.499. The van der Waals surface area contributed by atoms with Crippen LogP contribution in [0, 0.1) is 0 Å². The summed E-state index contributed by atoms with van der Waals surface area (Å²) >= 11 is 0. The highest BCUT2D eigenvalue weighted by molar-refractivity contribution is 6.58. The summed E-state index contributed by atoms with van der Waals surface area (Å²) in [6.07, 6.45) is 0.198. The van der Waals surface area contributed by atoms with Gasteiger partial charge in [0.2, 0.25) is 0 Å². The number of hydrogen-bond acceptors (Lipinski definition) is 5. The van der Waals surface area contributed by atoms with E-state index < -0.39 is 7.12 Å². The lowest BCUT2D eigenvalue weighted by Gasteiger charge is -2.25. The van der Waals surface area contributed by atoms with Gasteiger partial charge >= 0.3 is 7.12 Å². The number of benzene rings is 1. The van der Waals surface area contributed by atoms with Gasteiger partial charge in [-0.15, -0.1) is 0 Å². The molecular weight excluding hydrogens is 223 g/mol. The van der Waals surface area contributed by atoms with E-state index in [2.05, 4.69) is 0 Å². The largest absolute Gasteiger partial charge is 0.491 e. The first-order valence-electron chi connectivity index (χ1n) is 5.54. The Morgan fingerprint density at radius 2 is 2.12 bits per heavy atom. The molecule has 1 saturated heterocycles. The molecule has 0 saturated carbocycles. The van der Waals surface area contributed by atoms with E-state index in [9.17, 15) is 0 Å². The Morgan fingerprint density at radius 1 is 1.29 bits per heavy atom. The Morgan fingerprint density at radius 3 is 2.76 bits per heavy atom. The minimum absolute atomic E-state index is 0.198. The molecule has 2 rings (SSSR count). The van der Waals surface area contributed by atoms with Crippen molar-refractivity contribution in [3.05, 3.63) is 24.3 Å². The standard InChI is InChI=1S/C11H15BO5/c13-12(14)9-2-1-3-10(6-9)16-4-5-17-11-7-15-8-11/h1-3,6,11,13-14H,4-5,7-8H2. The first-order valence-corrected chi connectivity index (χ1v) is 5.54. The second-order valence-corrected chi connectivity index (χ2v) is 3.82. The van der Waals surface area contributed by atoms with Crippen molar-refractivity contribution in [3.63, 3.8) is 0 Å². The van der Waals surface area contributed by atoms with Crippen molar-refractivity contribution in [2.24, 2.45) is 0 Å². The van der Waals surface area contributed by atoms with Crippen LogP contribution in [0.3, 0.4) is 0 Å². The van der Waals surface area contributed by atoms with Gasteiger partial charge in [-0.25, -0.2) is 0 Å². The summed E-state index contributed by atoms with van der Waals surface area (Å²) in [6.45, 7) is 2.25. The number of ether oxygens (including phenoxy) is 3. The van der Waals surface area contributed by atoms with Crippen molar-refractivity contribution < 1.29 is 24.3 Å². The number of hydrogen-bond donors (Lipinski definition) is 2. The van der Waals surface area contributed by atoms with E-state index in [-0.39, 0.29) is 6.10 Å². The van der Waals surface area contributed by atoms with E-state index in [0.717, 1.165) is 0 Å². The van der Waals surface area contributed by atoms with Crippen LogP contribution in [0.2, 0.25) is 0 Å². The summed E-state index contributed by atoms with van der Waals surface area (Å²) < 4.78 is 15.8. The molecule has 0 bridgehead atoms. The molecule has 0 aromatic heterocycles. The van der Waals surface area contributed by atoms with Crippen LogP contribution in [0.1, 0.15) is 0 Å². The summed E-state index contributed by atoms with van der Waals surface area (Å²) in [7, 11) is -1.47. The van der Waals surface area contributed by atoms with Crippen LogP contribution in [0.15, 0.2) is 24.3 Å². The Kier molecular flexibility index (Phi) is 4.39. The van der Waals surface area contributed by atoms with Gasteiger partial charge in [0.05, 0.1) is 19.8 Å². The van der Waals surface area contributed by atoms with Gasteiger partial charge in [-0.1, -0.05) is 12.1 Å². The predicted molar refractivity (Wildman–Crippen MR) is 62.3 cm³/mol. The first kappa shape index (κ1) is 12.4. The minimum atomic E-state index is -1.47. The molecule has 5 nitrogen and oxygen atoms in total. The summed E-state index contributed by atoms with van der Waals surface area (Å²) in [4.78, 5) is 0. The van der Waals surface area contributed by atoms with E-state index in [1.807, 2.05) is 0 Å². The third kappa shape index (κ3) is 3.71. The molecule has 0 spiro atoms. The molecular formula is C11H15BO5. The Labute approximate surface area is 100 Å². The normalized spacial score (nSPS) is 15.4. The second kappa shape index (κ2) is 6.02. The van der Waals surface area contributed by atoms with Crippen LogP contribution in [0.25, 0.3) is 0 Å². The van der Waals surface area contributed by atoms with E-state index >= 15 is 0 Å². The molecule has 1 aromatic rings. The van der Waals surface area contributed by atoms with Crippen LogP contribution in [-0.4, -0.2) is 49.7 Å². The SMILES string of the molecule is OB(O)c1cccc(OCCOC2COC2)c1. The molecule has 0 amide bonds. The van der Waals surface area contributed by atoms with Gasteiger partial charge in [-0.2, -0.15) is 0 Å². The van der Waals surface area contributed by atoms with Crippen molar-refractivity contribution in [2.45, 2.75) is 6.10 Å². The Hall–Kier alpha value is -1.08. The summed E-state index contributed by atoms with van der Waals surface area (Å²) in [5.41, 5.74) is 0.413. The molecule has 0 aliphatic carbocycles. The molecule has 17 heavy (non-hydrogen) atoms. The van der Waals surface area contributed by atoms with Crippen LogP contribution >= 0.6 is 0 Å². The molecule has 1 fully saturated rings. The zero-order valence-electron chi connectivity index (χ0n) is 9.41. The average molecular weight is 238 g/mol. The fourth-order valence-corrected chi connectivity index (χ4v) is 1.45. The molecule has 92 valence electrons. The fraction of sp³-hybridized carbons (Fsp3) is 0.455. The van der Waals surface area contributed by atoms with E-state index in [4.69, 9.17) is 24.3 Å². The average Bonchev–Trinajstić information content (AvgIpc) is 2.27. The van der Waals surface area contributed by atoms with Crippen LogP contribution in [-0.2, 0) is 9.47 Å². The van der Waals surface area contributed by atoms with E-state index in [1.54, 1.807) is 24.3 Å². The minimum Gasteiger partial charge on any atom is -0.491 e.